The van der Waals surface area contributed by atoms with Crippen LogP contribution in [0.25, 0.3) is 0 Å². The molecule has 3 atom stereocenters. The third-order valence-corrected chi connectivity index (χ3v) is 6.00. The molecule has 0 heterocycles. The quantitative estimate of drug-likeness (QED) is 0.642. The number of rotatable bonds is 7. The molecule has 0 saturated heterocycles. The smallest absolute Gasteiger partial charge is 0.245 e. The van der Waals surface area contributed by atoms with Crippen LogP contribution >= 0.6 is 12.2 Å². The summed E-state index contributed by atoms with van der Waals surface area (Å²) in [5.74, 6) is 0.0748. The van der Waals surface area contributed by atoms with Gasteiger partial charge in [0.1, 0.15) is 6.04 Å². The molecule has 0 unspecified atom stereocenters. The lowest BCUT2D eigenvalue weighted by molar-refractivity contribution is -0.133. The number of carbonyl (C=O) groups is 1. The molecule has 1 amide bonds. The van der Waals surface area contributed by atoms with E-state index in [-0.39, 0.29) is 17.4 Å². The maximum atomic E-state index is 13.3. The first-order valence-electron chi connectivity index (χ1n) is 11.1. The maximum absolute atomic E-state index is 13.3. The Bertz CT molecular complexity index is 686. The zero-order valence-corrected chi connectivity index (χ0v) is 20.4. The molecule has 1 fully saturated rings. The van der Waals surface area contributed by atoms with Crippen molar-refractivity contribution >= 4 is 23.2 Å². The molecule has 5 nitrogen and oxygen atoms in total. The zero-order chi connectivity index (χ0) is 22.3. The lowest BCUT2D eigenvalue weighted by Crippen LogP contribution is -2.57. The second kappa shape index (κ2) is 11.1. The van der Waals surface area contributed by atoms with Crippen LogP contribution in [0.3, 0.4) is 0 Å². The van der Waals surface area contributed by atoms with Gasteiger partial charge in [0.05, 0.1) is 0 Å². The van der Waals surface area contributed by atoms with E-state index in [9.17, 15) is 4.79 Å². The van der Waals surface area contributed by atoms with Crippen molar-refractivity contribution in [2.45, 2.75) is 77.5 Å². The number of likely N-dealkylation sites (N-methyl/N-ethyl adjacent to an activating group) is 2. The molecular weight excluding hydrogens is 392 g/mol. The molecule has 1 aromatic rings. The fraction of sp³-hybridized carbons (Fsp3) is 0.667. The van der Waals surface area contributed by atoms with Crippen LogP contribution in [-0.2, 0) is 11.3 Å². The van der Waals surface area contributed by atoms with Gasteiger partial charge in [0.15, 0.2) is 5.11 Å². The molecular formula is C24H40N4OS. The van der Waals surface area contributed by atoms with Crippen LogP contribution < -0.4 is 10.6 Å². The Labute approximate surface area is 188 Å². The van der Waals surface area contributed by atoms with Gasteiger partial charge >= 0.3 is 0 Å². The Morgan fingerprint density at radius 2 is 1.77 bits per heavy atom. The first-order valence-corrected chi connectivity index (χ1v) is 11.5. The molecule has 1 aliphatic carbocycles. The molecule has 0 bridgehead atoms. The van der Waals surface area contributed by atoms with E-state index in [4.69, 9.17) is 12.2 Å². The van der Waals surface area contributed by atoms with Gasteiger partial charge in [-0.05, 0) is 56.6 Å². The average molecular weight is 433 g/mol. The third kappa shape index (κ3) is 7.88. The number of thiocarbonyl (C=S) groups is 1. The number of benzene rings is 1. The lowest BCUT2D eigenvalue weighted by atomic mass is 9.87. The van der Waals surface area contributed by atoms with E-state index < -0.39 is 0 Å². The summed E-state index contributed by atoms with van der Waals surface area (Å²) in [6.45, 7) is 7.07. The van der Waals surface area contributed by atoms with Gasteiger partial charge in [-0.3, -0.25) is 4.79 Å². The van der Waals surface area contributed by atoms with Crippen molar-refractivity contribution in [3.05, 3.63) is 35.9 Å². The van der Waals surface area contributed by atoms with E-state index >= 15 is 0 Å². The molecule has 1 aliphatic rings. The summed E-state index contributed by atoms with van der Waals surface area (Å²) >= 11 is 5.66. The Hall–Kier alpha value is -1.66. The number of nitrogens with one attached hydrogen (secondary N) is 2. The van der Waals surface area contributed by atoms with E-state index in [0.717, 1.165) is 12.0 Å². The minimum absolute atomic E-state index is 0.00748. The molecule has 1 aromatic carbocycles. The van der Waals surface area contributed by atoms with Crippen LogP contribution in [0.2, 0.25) is 0 Å². The van der Waals surface area contributed by atoms with Crippen molar-refractivity contribution in [1.82, 2.24) is 20.4 Å². The van der Waals surface area contributed by atoms with E-state index in [2.05, 4.69) is 50.4 Å². The predicted octanol–water partition coefficient (Wildman–Crippen LogP) is 3.79. The summed E-state index contributed by atoms with van der Waals surface area (Å²) in [6.07, 6.45) is 5.48. The van der Waals surface area contributed by atoms with E-state index in [0.29, 0.717) is 30.2 Å². The van der Waals surface area contributed by atoms with E-state index in [1.807, 2.05) is 37.4 Å². The van der Waals surface area contributed by atoms with Crippen LogP contribution in [0.1, 0.15) is 58.4 Å². The highest BCUT2D eigenvalue weighted by Gasteiger charge is 2.30. The van der Waals surface area contributed by atoms with Crippen LogP contribution in [0, 0.1) is 5.41 Å². The Kier molecular flexibility index (Phi) is 9.10. The normalized spacial score (nSPS) is 20.5. The molecule has 0 aliphatic heterocycles. The molecule has 1 saturated carbocycles. The summed E-state index contributed by atoms with van der Waals surface area (Å²) in [5.41, 5.74) is 1.13. The van der Waals surface area contributed by atoms with Gasteiger partial charge in [-0.15, -0.1) is 0 Å². The first kappa shape index (κ1) is 24.6. The second-order valence-electron chi connectivity index (χ2n) is 10.0. The van der Waals surface area contributed by atoms with E-state index in [1.54, 1.807) is 4.90 Å². The van der Waals surface area contributed by atoms with Gasteiger partial charge in [-0.25, -0.2) is 0 Å². The summed E-state index contributed by atoms with van der Waals surface area (Å²) in [5, 5.41) is 7.46. The lowest BCUT2D eigenvalue weighted by Gasteiger charge is -2.38. The SMILES string of the molecule is CN(Cc1ccccc1)C(=O)[C@H](CC(C)(C)C)NC(=S)N[C@@H]1CCCC[C@H]1N(C)C. The van der Waals surface area contributed by atoms with Gasteiger partial charge in [-0.1, -0.05) is 63.9 Å². The van der Waals surface area contributed by atoms with Crippen LogP contribution in [0.4, 0.5) is 0 Å². The van der Waals surface area contributed by atoms with Crippen molar-refractivity contribution in [2.24, 2.45) is 5.41 Å². The van der Waals surface area contributed by atoms with E-state index in [1.165, 1.54) is 19.3 Å². The summed E-state index contributed by atoms with van der Waals surface area (Å²) in [4.78, 5) is 17.4. The number of carbonyl (C=O) groups excluding carboxylic acids is 1. The highest BCUT2D eigenvalue weighted by molar-refractivity contribution is 7.80. The minimum atomic E-state index is -0.347. The number of amides is 1. The number of hydrogen-bond acceptors (Lipinski definition) is 3. The Morgan fingerprint density at radius 1 is 1.13 bits per heavy atom. The number of nitrogens with zero attached hydrogens (tertiary/aromatic N) is 2. The summed E-state index contributed by atoms with van der Waals surface area (Å²) in [6, 6.07) is 10.5. The van der Waals surface area contributed by atoms with Crippen molar-refractivity contribution < 1.29 is 4.79 Å². The highest BCUT2D eigenvalue weighted by atomic mass is 32.1. The largest absolute Gasteiger partial charge is 0.358 e. The molecule has 2 N–H and O–H groups in total. The van der Waals surface area contributed by atoms with Crippen molar-refractivity contribution in [3.8, 4) is 0 Å². The maximum Gasteiger partial charge on any atom is 0.245 e. The van der Waals surface area contributed by atoms with Gasteiger partial charge in [0.2, 0.25) is 5.91 Å². The predicted molar refractivity (Wildman–Crippen MR) is 129 cm³/mol. The Morgan fingerprint density at radius 3 is 2.37 bits per heavy atom. The van der Waals surface area contributed by atoms with Crippen LogP contribution in [-0.4, -0.2) is 60.1 Å². The Balaban J connectivity index is 2.04. The second-order valence-corrected chi connectivity index (χ2v) is 10.4. The monoisotopic (exact) mass is 432 g/mol. The van der Waals surface area contributed by atoms with Crippen molar-refractivity contribution in [2.75, 3.05) is 21.1 Å². The molecule has 6 heteroatoms. The third-order valence-electron chi connectivity index (χ3n) is 5.77. The standard InChI is InChI=1S/C24H40N4OS/c1-24(2,3)16-20(22(29)28(6)17-18-12-8-7-9-13-18)26-23(30)25-19-14-10-11-15-21(19)27(4)5/h7-9,12-13,19-21H,10-11,14-17H2,1-6H3,(H2,25,26,30)/t19-,20+,21-/m1/s1. The summed E-state index contributed by atoms with van der Waals surface area (Å²) in [7, 11) is 6.13. The molecule has 30 heavy (non-hydrogen) atoms. The average Bonchev–Trinajstić information content (AvgIpc) is 2.66. The van der Waals surface area contributed by atoms with Crippen molar-refractivity contribution in [1.29, 1.82) is 0 Å². The zero-order valence-electron chi connectivity index (χ0n) is 19.6. The fourth-order valence-electron chi connectivity index (χ4n) is 4.28. The van der Waals surface area contributed by atoms with Crippen molar-refractivity contribution in [3.63, 3.8) is 0 Å². The van der Waals surface area contributed by atoms with Gasteiger partial charge in [0.25, 0.3) is 0 Å². The van der Waals surface area contributed by atoms with Crippen LogP contribution in [0.5, 0.6) is 0 Å². The van der Waals surface area contributed by atoms with Gasteiger partial charge in [0, 0.05) is 25.7 Å². The minimum Gasteiger partial charge on any atom is -0.358 e. The number of hydrogen-bond donors (Lipinski definition) is 2. The molecule has 0 radical (unpaired) electrons. The topological polar surface area (TPSA) is 47.6 Å². The molecule has 168 valence electrons. The molecule has 0 spiro atoms. The molecule has 0 aromatic heterocycles. The van der Waals surface area contributed by atoms with Gasteiger partial charge in [-0.2, -0.15) is 0 Å². The fourth-order valence-corrected chi connectivity index (χ4v) is 4.57. The van der Waals surface area contributed by atoms with Gasteiger partial charge < -0.3 is 20.4 Å². The summed E-state index contributed by atoms with van der Waals surface area (Å²) < 4.78 is 0. The molecule has 2 rings (SSSR count). The highest BCUT2D eigenvalue weighted by Crippen LogP contribution is 2.23. The van der Waals surface area contributed by atoms with Crippen LogP contribution in [0.15, 0.2) is 30.3 Å². The first-order chi connectivity index (χ1) is 14.1.